The molecule has 0 spiro atoms. The minimum atomic E-state index is -2.90. The van der Waals surface area contributed by atoms with Crippen LogP contribution in [-0.2, 0) is 0 Å². The summed E-state index contributed by atoms with van der Waals surface area (Å²) < 4.78 is 36.3. The number of halogens is 3. The van der Waals surface area contributed by atoms with Gasteiger partial charge in [0.05, 0.1) is 0 Å². The monoisotopic (exact) mass is 276 g/mol. The molecule has 0 fully saturated rings. The largest absolute Gasteiger partial charge is 0.282 e. The van der Waals surface area contributed by atoms with E-state index in [1.807, 2.05) is 6.07 Å². The molecule has 0 heterocycles. The molecule has 100 valence electrons. The molecule has 0 bridgehead atoms. The summed E-state index contributed by atoms with van der Waals surface area (Å²) in [4.78, 5) is 11.6. The second-order valence-electron chi connectivity index (χ2n) is 3.85. The summed E-state index contributed by atoms with van der Waals surface area (Å²) in [5.74, 6) is 0.531. The van der Waals surface area contributed by atoms with Gasteiger partial charge in [0.1, 0.15) is 0 Å². The molecule has 0 aromatic heterocycles. The topological polar surface area (TPSA) is 17.1 Å². The fraction of sp³-hybridized carbons (Fsp3) is 0.462. The third-order valence-electron chi connectivity index (χ3n) is 2.39. The van der Waals surface area contributed by atoms with E-state index in [-0.39, 0.29) is 11.5 Å². The Morgan fingerprint density at radius 1 is 1.11 bits per heavy atom. The van der Waals surface area contributed by atoms with Crippen LogP contribution in [0.25, 0.3) is 0 Å². The number of carbonyl (C=O) groups is 1. The van der Waals surface area contributed by atoms with E-state index in [2.05, 4.69) is 0 Å². The van der Waals surface area contributed by atoms with E-state index in [0.29, 0.717) is 24.2 Å². The van der Waals surface area contributed by atoms with Crippen LogP contribution < -0.4 is 0 Å². The molecule has 0 aliphatic rings. The highest BCUT2D eigenvalue weighted by Crippen LogP contribution is 2.17. The number of hydrogen-bond donors (Lipinski definition) is 0. The van der Waals surface area contributed by atoms with Crippen LogP contribution in [0.2, 0.25) is 0 Å². The number of thioether (sulfide) groups is 1. The van der Waals surface area contributed by atoms with Gasteiger partial charge in [-0.25, -0.2) is 13.2 Å². The van der Waals surface area contributed by atoms with E-state index in [0.717, 1.165) is 11.8 Å². The first kappa shape index (κ1) is 15.1. The molecule has 0 aliphatic heterocycles. The van der Waals surface area contributed by atoms with Crippen molar-refractivity contribution in [2.24, 2.45) is 0 Å². The van der Waals surface area contributed by atoms with Gasteiger partial charge in [-0.2, -0.15) is 0 Å². The zero-order chi connectivity index (χ0) is 13.4. The number of hydrogen-bond acceptors (Lipinski definition) is 2. The molecule has 0 radical (unpaired) electrons. The molecule has 5 heteroatoms. The minimum Gasteiger partial charge on any atom is -0.282 e. The minimum absolute atomic E-state index is 0.0405. The van der Waals surface area contributed by atoms with Gasteiger partial charge in [-0.05, 0) is 19.3 Å². The van der Waals surface area contributed by atoms with E-state index in [1.165, 1.54) is 0 Å². The van der Waals surface area contributed by atoms with Crippen molar-refractivity contribution in [2.75, 3.05) is 5.75 Å². The number of alkyl halides is 3. The van der Waals surface area contributed by atoms with E-state index >= 15 is 0 Å². The normalized spacial score (nSPS) is 12.7. The molecule has 0 saturated carbocycles. The molecule has 0 amide bonds. The first-order valence-corrected chi connectivity index (χ1v) is 6.74. The summed E-state index contributed by atoms with van der Waals surface area (Å²) in [6.07, 6.45) is -4.14. The lowest BCUT2D eigenvalue weighted by Gasteiger charge is -2.06. The first-order chi connectivity index (χ1) is 8.61. The number of benzene rings is 1. The molecule has 0 aliphatic carbocycles. The lowest BCUT2D eigenvalue weighted by atomic mass is 10.2. The van der Waals surface area contributed by atoms with Crippen molar-refractivity contribution in [3.05, 3.63) is 35.9 Å². The smallest absolute Gasteiger partial charge is 0.269 e. The summed E-state index contributed by atoms with van der Waals surface area (Å²) in [6.45, 7) is 0. The van der Waals surface area contributed by atoms with E-state index < -0.39 is 12.6 Å². The predicted molar refractivity (Wildman–Crippen MR) is 68.0 cm³/mol. The number of unbranched alkanes of at least 4 members (excludes halogenated alkanes) is 1. The predicted octanol–water partition coefficient (Wildman–Crippen LogP) is 4.33. The van der Waals surface area contributed by atoms with Gasteiger partial charge < -0.3 is 0 Å². The fourth-order valence-corrected chi connectivity index (χ4v) is 2.23. The second kappa shape index (κ2) is 8.19. The standard InChI is InChI=1S/C13H15F3OS/c14-11(12(15)16)8-4-5-9-18-13(17)10-6-2-1-3-7-10/h1-3,6-7,11-12H,4-5,8-9H2. The number of carbonyl (C=O) groups excluding carboxylic acids is 1. The van der Waals surface area contributed by atoms with Crippen LogP contribution in [0.4, 0.5) is 13.2 Å². The van der Waals surface area contributed by atoms with Gasteiger partial charge in [0, 0.05) is 11.3 Å². The van der Waals surface area contributed by atoms with Crippen molar-refractivity contribution in [3.63, 3.8) is 0 Å². The summed E-state index contributed by atoms with van der Waals surface area (Å²) in [5.41, 5.74) is 0.624. The lowest BCUT2D eigenvalue weighted by molar-refractivity contribution is 0.0443. The van der Waals surface area contributed by atoms with Crippen LogP contribution in [0, 0.1) is 0 Å². The van der Waals surface area contributed by atoms with Gasteiger partial charge >= 0.3 is 0 Å². The Labute approximate surface area is 109 Å². The van der Waals surface area contributed by atoms with E-state index in [1.54, 1.807) is 24.3 Å². The van der Waals surface area contributed by atoms with Crippen molar-refractivity contribution in [3.8, 4) is 0 Å². The molecular formula is C13H15F3OS. The second-order valence-corrected chi connectivity index (χ2v) is 4.92. The van der Waals surface area contributed by atoms with Crippen LogP contribution in [-0.4, -0.2) is 23.5 Å². The molecule has 0 saturated heterocycles. The summed E-state index contributed by atoms with van der Waals surface area (Å²) in [7, 11) is 0. The van der Waals surface area contributed by atoms with Crippen LogP contribution in [0.15, 0.2) is 30.3 Å². The van der Waals surface area contributed by atoms with Gasteiger partial charge in [0.15, 0.2) is 6.17 Å². The summed E-state index contributed by atoms with van der Waals surface area (Å²) >= 11 is 1.14. The summed E-state index contributed by atoms with van der Waals surface area (Å²) in [6, 6.07) is 8.84. The number of rotatable bonds is 7. The van der Waals surface area contributed by atoms with Crippen LogP contribution in [0.1, 0.15) is 29.6 Å². The Morgan fingerprint density at radius 3 is 2.39 bits per heavy atom. The molecule has 1 atom stereocenters. The van der Waals surface area contributed by atoms with Gasteiger partial charge in [0.2, 0.25) is 5.12 Å². The molecule has 0 N–H and O–H groups in total. The van der Waals surface area contributed by atoms with Crippen molar-refractivity contribution in [1.82, 2.24) is 0 Å². The molecule has 1 nitrogen and oxygen atoms in total. The average Bonchev–Trinajstić information content (AvgIpc) is 2.38. The van der Waals surface area contributed by atoms with Gasteiger partial charge in [-0.3, -0.25) is 4.79 Å². The molecule has 1 aromatic rings. The zero-order valence-electron chi connectivity index (χ0n) is 9.82. The molecule has 1 aromatic carbocycles. The Bertz CT molecular complexity index is 357. The maximum Gasteiger partial charge on any atom is 0.269 e. The van der Waals surface area contributed by atoms with Crippen molar-refractivity contribution < 1.29 is 18.0 Å². The Hall–Kier alpha value is -0.970. The molecule has 1 unspecified atom stereocenters. The lowest BCUT2D eigenvalue weighted by Crippen LogP contribution is -2.11. The van der Waals surface area contributed by atoms with Gasteiger partial charge in [0.25, 0.3) is 6.43 Å². The van der Waals surface area contributed by atoms with Crippen molar-refractivity contribution >= 4 is 16.9 Å². The third-order valence-corrected chi connectivity index (χ3v) is 3.38. The van der Waals surface area contributed by atoms with Crippen LogP contribution >= 0.6 is 11.8 Å². The van der Waals surface area contributed by atoms with Crippen LogP contribution in [0.5, 0.6) is 0 Å². The van der Waals surface area contributed by atoms with E-state index in [4.69, 9.17) is 0 Å². The third kappa shape index (κ3) is 5.58. The maximum atomic E-state index is 12.6. The highest BCUT2D eigenvalue weighted by Gasteiger charge is 2.18. The Balaban J connectivity index is 2.13. The molecule has 1 rings (SSSR count). The quantitative estimate of drug-likeness (QED) is 0.689. The van der Waals surface area contributed by atoms with Crippen molar-refractivity contribution in [1.29, 1.82) is 0 Å². The average molecular weight is 276 g/mol. The highest BCUT2D eigenvalue weighted by molar-refractivity contribution is 8.14. The molecular weight excluding hydrogens is 261 g/mol. The van der Waals surface area contributed by atoms with Crippen molar-refractivity contribution in [2.45, 2.75) is 31.9 Å². The first-order valence-electron chi connectivity index (χ1n) is 5.75. The van der Waals surface area contributed by atoms with Crippen LogP contribution in [0.3, 0.4) is 0 Å². The molecule has 18 heavy (non-hydrogen) atoms. The summed E-state index contributed by atoms with van der Waals surface area (Å²) in [5, 5.41) is -0.0405. The Morgan fingerprint density at radius 2 is 1.78 bits per heavy atom. The van der Waals surface area contributed by atoms with Gasteiger partial charge in [-0.15, -0.1) is 0 Å². The zero-order valence-corrected chi connectivity index (χ0v) is 10.6. The van der Waals surface area contributed by atoms with Gasteiger partial charge in [-0.1, -0.05) is 42.1 Å². The fourth-order valence-electron chi connectivity index (χ4n) is 1.39. The SMILES string of the molecule is O=C(SCCCCC(F)C(F)F)c1ccccc1. The van der Waals surface area contributed by atoms with E-state index in [9.17, 15) is 18.0 Å². The maximum absolute atomic E-state index is 12.6. The Kier molecular flexibility index (Phi) is 6.86. The highest BCUT2D eigenvalue weighted by atomic mass is 32.2.